The molecule has 0 saturated heterocycles. The number of hydrogen-bond acceptors (Lipinski definition) is 5. The number of nitrogens with one attached hydrogen (secondary N) is 1. The van der Waals surface area contributed by atoms with Crippen molar-refractivity contribution >= 4 is 11.6 Å². The summed E-state index contributed by atoms with van der Waals surface area (Å²) in [4.78, 5) is 17.4. The molecule has 7 heteroatoms. The first kappa shape index (κ1) is 23.3. The third kappa shape index (κ3) is 4.73. The molecule has 0 saturated carbocycles. The van der Waals surface area contributed by atoms with E-state index < -0.39 is 0 Å². The zero-order chi connectivity index (χ0) is 24.2. The van der Waals surface area contributed by atoms with Crippen LogP contribution in [0.4, 0.5) is 0 Å². The molecule has 2 aromatic heterocycles. The van der Waals surface area contributed by atoms with Gasteiger partial charge in [0.1, 0.15) is 11.5 Å². The molecule has 34 heavy (non-hydrogen) atoms. The Kier molecular flexibility index (Phi) is 6.82. The second-order valence-electron chi connectivity index (χ2n) is 8.33. The number of hydrogen-bond donors (Lipinski definition) is 1. The molecular formula is C27H30N4O3. The van der Waals surface area contributed by atoms with Gasteiger partial charge in [-0.2, -0.15) is 5.10 Å². The van der Waals surface area contributed by atoms with Crippen LogP contribution in [0.5, 0.6) is 11.5 Å². The van der Waals surface area contributed by atoms with E-state index in [0.29, 0.717) is 18.6 Å². The maximum Gasteiger partial charge on any atom is 0.220 e. The number of amides is 1. The highest BCUT2D eigenvalue weighted by Crippen LogP contribution is 2.33. The van der Waals surface area contributed by atoms with Crippen molar-refractivity contribution in [2.24, 2.45) is 0 Å². The molecule has 7 nitrogen and oxygen atoms in total. The Morgan fingerprint density at radius 1 is 1.06 bits per heavy atom. The van der Waals surface area contributed by atoms with Crippen molar-refractivity contribution in [1.82, 2.24) is 19.9 Å². The smallest absolute Gasteiger partial charge is 0.220 e. The maximum absolute atomic E-state index is 12.6. The summed E-state index contributed by atoms with van der Waals surface area (Å²) in [5.74, 6) is 1.41. The molecule has 0 spiro atoms. The van der Waals surface area contributed by atoms with Gasteiger partial charge < -0.3 is 14.8 Å². The van der Waals surface area contributed by atoms with Gasteiger partial charge in [-0.25, -0.2) is 9.50 Å². The van der Waals surface area contributed by atoms with Crippen LogP contribution in [-0.4, -0.2) is 34.7 Å². The number of fused-ring (bicyclic) bond motifs is 1. The van der Waals surface area contributed by atoms with Gasteiger partial charge in [0.15, 0.2) is 5.65 Å². The Morgan fingerprint density at radius 2 is 1.82 bits per heavy atom. The minimum absolute atomic E-state index is 0.0133. The van der Waals surface area contributed by atoms with E-state index in [1.165, 1.54) is 0 Å². The predicted molar refractivity (Wildman–Crippen MR) is 132 cm³/mol. The molecule has 176 valence electrons. The number of benzene rings is 2. The molecule has 2 aromatic carbocycles. The molecule has 0 aliphatic rings. The summed E-state index contributed by atoms with van der Waals surface area (Å²) in [5, 5.41) is 7.88. The van der Waals surface area contributed by atoms with Crippen molar-refractivity contribution in [2.45, 2.75) is 39.7 Å². The van der Waals surface area contributed by atoms with Crippen molar-refractivity contribution in [3.05, 3.63) is 77.1 Å². The fourth-order valence-electron chi connectivity index (χ4n) is 4.21. The highest BCUT2D eigenvalue weighted by molar-refractivity contribution is 5.77. The number of aromatic nitrogens is 3. The van der Waals surface area contributed by atoms with Gasteiger partial charge in [-0.1, -0.05) is 30.3 Å². The molecule has 1 atom stereocenters. The van der Waals surface area contributed by atoms with Crippen LogP contribution in [-0.2, 0) is 11.2 Å². The Bertz CT molecular complexity index is 1310. The van der Waals surface area contributed by atoms with E-state index in [-0.39, 0.29) is 11.9 Å². The van der Waals surface area contributed by atoms with E-state index in [2.05, 4.69) is 5.32 Å². The van der Waals surface area contributed by atoms with E-state index in [4.69, 9.17) is 19.6 Å². The zero-order valence-corrected chi connectivity index (χ0v) is 20.3. The third-order valence-corrected chi connectivity index (χ3v) is 6.13. The van der Waals surface area contributed by atoms with E-state index in [0.717, 1.165) is 45.2 Å². The van der Waals surface area contributed by atoms with Crippen LogP contribution in [0.25, 0.3) is 16.9 Å². The fourth-order valence-corrected chi connectivity index (χ4v) is 4.21. The number of aryl methyl sites for hydroxylation is 2. The van der Waals surface area contributed by atoms with Gasteiger partial charge in [0.2, 0.25) is 5.91 Å². The average Bonchev–Trinajstić information content (AvgIpc) is 3.27. The molecule has 0 bridgehead atoms. The highest BCUT2D eigenvalue weighted by Gasteiger charge is 2.17. The van der Waals surface area contributed by atoms with Gasteiger partial charge in [0.25, 0.3) is 0 Å². The summed E-state index contributed by atoms with van der Waals surface area (Å²) in [5.41, 5.74) is 6.39. The molecule has 0 aliphatic carbocycles. The highest BCUT2D eigenvalue weighted by atomic mass is 16.5. The predicted octanol–water partition coefficient (Wildman–Crippen LogP) is 4.84. The first-order chi connectivity index (χ1) is 16.4. The Hall–Kier alpha value is -3.87. The SMILES string of the molecule is COc1ccc(-c2cc3nc(C)c(CCC(=O)NC(C)c4ccccc4)c(C)n3n2)c(OC)c1. The zero-order valence-electron chi connectivity index (χ0n) is 20.3. The monoisotopic (exact) mass is 458 g/mol. The molecular weight excluding hydrogens is 428 g/mol. The molecule has 0 aliphatic heterocycles. The number of ether oxygens (including phenoxy) is 2. The Balaban J connectivity index is 1.55. The van der Waals surface area contributed by atoms with Crippen LogP contribution in [0, 0.1) is 13.8 Å². The van der Waals surface area contributed by atoms with Crippen LogP contribution in [0.2, 0.25) is 0 Å². The molecule has 4 rings (SSSR count). The number of carbonyl (C=O) groups is 1. The molecule has 0 radical (unpaired) electrons. The second kappa shape index (κ2) is 9.95. The summed E-state index contributed by atoms with van der Waals surface area (Å²) in [6.07, 6.45) is 0.974. The standard InChI is InChI=1S/C27H30N4O3/c1-17(20-9-7-6-8-10-20)29-27(32)14-13-22-18(2)28-26-16-24(30-31(26)19(22)3)23-12-11-21(33-4)15-25(23)34-5/h6-12,15-17H,13-14H2,1-5H3,(H,29,32). The van der Waals surface area contributed by atoms with Gasteiger partial charge in [-0.3, -0.25) is 4.79 Å². The van der Waals surface area contributed by atoms with Gasteiger partial charge in [0, 0.05) is 35.5 Å². The summed E-state index contributed by atoms with van der Waals surface area (Å²) >= 11 is 0. The maximum atomic E-state index is 12.6. The molecule has 1 unspecified atom stereocenters. The lowest BCUT2D eigenvalue weighted by molar-refractivity contribution is -0.121. The van der Waals surface area contributed by atoms with Crippen LogP contribution in [0.15, 0.2) is 54.6 Å². The Labute approximate surface area is 199 Å². The van der Waals surface area contributed by atoms with Gasteiger partial charge >= 0.3 is 0 Å². The van der Waals surface area contributed by atoms with Crippen molar-refractivity contribution in [1.29, 1.82) is 0 Å². The summed E-state index contributed by atoms with van der Waals surface area (Å²) in [6, 6.07) is 17.5. The average molecular weight is 459 g/mol. The molecule has 2 heterocycles. The van der Waals surface area contributed by atoms with Gasteiger partial charge in [-0.15, -0.1) is 0 Å². The normalized spacial score (nSPS) is 11.9. The van der Waals surface area contributed by atoms with Crippen LogP contribution in [0.3, 0.4) is 0 Å². The number of nitrogens with zero attached hydrogens (tertiary/aromatic N) is 3. The van der Waals surface area contributed by atoms with Crippen LogP contribution < -0.4 is 14.8 Å². The molecule has 0 fully saturated rings. The lowest BCUT2D eigenvalue weighted by Gasteiger charge is -2.15. The first-order valence-corrected chi connectivity index (χ1v) is 11.3. The number of carbonyl (C=O) groups excluding carboxylic acids is 1. The molecule has 4 aromatic rings. The minimum Gasteiger partial charge on any atom is -0.497 e. The molecule has 1 amide bonds. The lowest BCUT2D eigenvalue weighted by Crippen LogP contribution is -2.27. The Morgan fingerprint density at radius 3 is 2.53 bits per heavy atom. The quantitative estimate of drug-likeness (QED) is 0.409. The minimum atomic E-state index is -0.0374. The number of rotatable bonds is 8. The van der Waals surface area contributed by atoms with Crippen LogP contribution in [0.1, 0.15) is 41.9 Å². The van der Waals surface area contributed by atoms with Gasteiger partial charge in [-0.05, 0) is 50.5 Å². The second-order valence-corrected chi connectivity index (χ2v) is 8.33. The lowest BCUT2D eigenvalue weighted by atomic mass is 10.1. The van der Waals surface area contributed by atoms with E-state index in [9.17, 15) is 4.79 Å². The largest absolute Gasteiger partial charge is 0.497 e. The molecule has 1 N–H and O–H groups in total. The van der Waals surface area contributed by atoms with Crippen molar-refractivity contribution < 1.29 is 14.3 Å². The van der Waals surface area contributed by atoms with E-state index in [1.54, 1.807) is 14.2 Å². The topological polar surface area (TPSA) is 77.8 Å². The van der Waals surface area contributed by atoms with Crippen molar-refractivity contribution in [2.75, 3.05) is 14.2 Å². The first-order valence-electron chi connectivity index (χ1n) is 11.3. The van der Waals surface area contributed by atoms with Gasteiger partial charge in [0.05, 0.1) is 26.0 Å². The fraction of sp³-hybridized carbons (Fsp3) is 0.296. The van der Waals surface area contributed by atoms with Crippen molar-refractivity contribution in [3.63, 3.8) is 0 Å². The number of methoxy groups -OCH3 is 2. The summed E-state index contributed by atoms with van der Waals surface area (Å²) in [6.45, 7) is 5.99. The third-order valence-electron chi connectivity index (χ3n) is 6.13. The van der Waals surface area contributed by atoms with Crippen LogP contribution >= 0.6 is 0 Å². The summed E-state index contributed by atoms with van der Waals surface area (Å²) in [7, 11) is 3.25. The summed E-state index contributed by atoms with van der Waals surface area (Å²) < 4.78 is 12.7. The van der Waals surface area contributed by atoms with Crippen molar-refractivity contribution in [3.8, 4) is 22.8 Å². The van der Waals surface area contributed by atoms with E-state index >= 15 is 0 Å². The van der Waals surface area contributed by atoms with E-state index in [1.807, 2.05) is 79.9 Å².